The molecule has 7 nitrogen and oxygen atoms in total. The summed E-state index contributed by atoms with van der Waals surface area (Å²) in [7, 11) is 0. The van der Waals surface area contributed by atoms with E-state index in [1.54, 1.807) is 25.7 Å². The molecule has 1 rings (SSSR count). The van der Waals surface area contributed by atoms with Crippen LogP contribution in [-0.4, -0.2) is 54.6 Å². The fraction of sp³-hybridized carbons (Fsp3) is 0.800. The number of amides is 3. The molecule has 0 aromatic heterocycles. The van der Waals surface area contributed by atoms with Crippen LogP contribution in [0.25, 0.3) is 0 Å². The number of nitrogens with one attached hydrogen (secondary N) is 2. The molecule has 2 N–H and O–H groups in total. The summed E-state index contributed by atoms with van der Waals surface area (Å²) >= 11 is 0. The predicted octanol–water partition coefficient (Wildman–Crippen LogP) is 0.886. The Hall–Kier alpha value is -1.79. The molecule has 1 fully saturated rings. The van der Waals surface area contributed by atoms with E-state index in [1.165, 1.54) is 6.92 Å². The Morgan fingerprint density at radius 3 is 2.41 bits per heavy atom. The molecule has 0 aromatic carbocycles. The van der Waals surface area contributed by atoms with Crippen LogP contribution < -0.4 is 10.6 Å². The maximum Gasteiger partial charge on any atom is 0.407 e. The molecular weight excluding hydrogens is 286 g/mol. The Balaban J connectivity index is 2.23. The lowest BCUT2D eigenvalue weighted by atomic mass is 9.97. The minimum Gasteiger partial charge on any atom is -0.444 e. The van der Waals surface area contributed by atoms with E-state index >= 15 is 0 Å². The molecule has 0 bridgehead atoms. The van der Waals surface area contributed by atoms with E-state index in [9.17, 15) is 14.4 Å². The van der Waals surface area contributed by atoms with Crippen LogP contribution in [0.2, 0.25) is 0 Å². The van der Waals surface area contributed by atoms with Gasteiger partial charge in [0.05, 0.1) is 5.92 Å². The number of alkyl carbamates (subject to hydrolysis) is 1. The van der Waals surface area contributed by atoms with E-state index in [4.69, 9.17) is 4.74 Å². The molecule has 1 aliphatic heterocycles. The first-order chi connectivity index (χ1) is 10.2. The Labute approximate surface area is 131 Å². The van der Waals surface area contributed by atoms with Crippen LogP contribution in [0.3, 0.4) is 0 Å². The van der Waals surface area contributed by atoms with Gasteiger partial charge in [0.2, 0.25) is 11.8 Å². The number of likely N-dealkylation sites (tertiary alicyclic amines) is 1. The summed E-state index contributed by atoms with van der Waals surface area (Å²) in [5.74, 6) is -0.236. The number of rotatable bonds is 4. The Morgan fingerprint density at radius 1 is 1.18 bits per heavy atom. The second-order valence-corrected chi connectivity index (χ2v) is 6.52. The summed E-state index contributed by atoms with van der Waals surface area (Å²) in [6, 6.07) is 0. The predicted molar refractivity (Wildman–Crippen MR) is 82.2 cm³/mol. The van der Waals surface area contributed by atoms with Crippen LogP contribution >= 0.6 is 0 Å². The highest BCUT2D eigenvalue weighted by Gasteiger charge is 2.26. The number of piperidine rings is 1. The van der Waals surface area contributed by atoms with Gasteiger partial charge in [0.25, 0.3) is 0 Å². The zero-order chi connectivity index (χ0) is 16.8. The minimum atomic E-state index is -0.536. The zero-order valence-electron chi connectivity index (χ0n) is 13.9. The van der Waals surface area contributed by atoms with Crippen molar-refractivity contribution in [2.45, 2.75) is 46.1 Å². The highest BCUT2D eigenvalue weighted by molar-refractivity contribution is 5.80. The molecule has 0 saturated carbocycles. The maximum absolute atomic E-state index is 12.0. The minimum absolute atomic E-state index is 0.00379. The quantitative estimate of drug-likeness (QED) is 0.754. The molecule has 0 aliphatic carbocycles. The number of carbonyl (C=O) groups excluding carboxylic acids is 3. The summed E-state index contributed by atoms with van der Waals surface area (Å²) in [6.45, 7) is 8.73. The molecule has 1 atom stereocenters. The van der Waals surface area contributed by atoms with Crippen LogP contribution in [0.5, 0.6) is 0 Å². The number of ether oxygens (including phenoxy) is 1. The molecule has 0 aromatic rings. The second-order valence-electron chi connectivity index (χ2n) is 6.52. The fourth-order valence-electron chi connectivity index (χ4n) is 2.29. The lowest BCUT2D eigenvalue weighted by Crippen LogP contribution is -2.46. The van der Waals surface area contributed by atoms with Crippen LogP contribution in [0, 0.1) is 5.92 Å². The van der Waals surface area contributed by atoms with Crippen molar-refractivity contribution in [3.63, 3.8) is 0 Å². The summed E-state index contributed by atoms with van der Waals surface area (Å²) in [6.07, 6.45) is 1.13. The Kier molecular flexibility index (Phi) is 6.64. The van der Waals surface area contributed by atoms with Gasteiger partial charge in [-0.25, -0.2) is 4.79 Å². The van der Waals surface area contributed by atoms with E-state index in [-0.39, 0.29) is 17.7 Å². The monoisotopic (exact) mass is 313 g/mol. The van der Waals surface area contributed by atoms with Gasteiger partial charge in [-0.3, -0.25) is 9.59 Å². The molecule has 126 valence electrons. The standard InChI is InChI=1S/C15H27N3O4/c1-11(19)18-9-5-6-12(10-18)13(20)16-7-8-17-14(21)22-15(2,3)4/h12H,5-10H2,1-4H3,(H,16,20)(H,17,21)/t12-/m0/s1. The maximum atomic E-state index is 12.0. The van der Waals surface area contributed by atoms with Gasteiger partial charge in [0, 0.05) is 33.1 Å². The van der Waals surface area contributed by atoms with Gasteiger partial charge in [-0.2, -0.15) is 0 Å². The number of nitrogens with zero attached hydrogens (tertiary/aromatic N) is 1. The van der Waals surface area contributed by atoms with Crippen LogP contribution in [-0.2, 0) is 14.3 Å². The molecule has 7 heteroatoms. The van der Waals surface area contributed by atoms with Crippen LogP contribution in [0.1, 0.15) is 40.5 Å². The average molecular weight is 313 g/mol. The van der Waals surface area contributed by atoms with E-state index in [1.807, 2.05) is 0 Å². The summed E-state index contributed by atoms with van der Waals surface area (Å²) in [4.78, 5) is 36.5. The summed E-state index contributed by atoms with van der Waals surface area (Å²) in [5, 5.41) is 5.37. The molecule has 3 amide bonds. The molecule has 22 heavy (non-hydrogen) atoms. The Morgan fingerprint density at radius 2 is 1.82 bits per heavy atom. The highest BCUT2D eigenvalue weighted by Crippen LogP contribution is 2.16. The third-order valence-corrected chi connectivity index (χ3v) is 3.33. The molecule has 1 heterocycles. The lowest BCUT2D eigenvalue weighted by Gasteiger charge is -2.31. The van der Waals surface area contributed by atoms with Gasteiger partial charge in [0.15, 0.2) is 0 Å². The number of hydrogen-bond donors (Lipinski definition) is 2. The van der Waals surface area contributed by atoms with Crippen molar-refractivity contribution in [1.82, 2.24) is 15.5 Å². The highest BCUT2D eigenvalue weighted by atomic mass is 16.6. The smallest absolute Gasteiger partial charge is 0.407 e. The first-order valence-corrected chi connectivity index (χ1v) is 7.69. The molecule has 0 unspecified atom stereocenters. The van der Waals surface area contributed by atoms with Crippen molar-refractivity contribution >= 4 is 17.9 Å². The Bertz CT molecular complexity index is 418. The lowest BCUT2D eigenvalue weighted by molar-refractivity contribution is -0.133. The topological polar surface area (TPSA) is 87.7 Å². The normalized spacial score (nSPS) is 18.5. The average Bonchev–Trinajstić information content (AvgIpc) is 2.41. The zero-order valence-corrected chi connectivity index (χ0v) is 13.9. The van der Waals surface area contributed by atoms with Gasteiger partial charge in [0.1, 0.15) is 5.60 Å². The third kappa shape index (κ3) is 6.78. The fourth-order valence-corrected chi connectivity index (χ4v) is 2.29. The van der Waals surface area contributed by atoms with E-state index in [2.05, 4.69) is 10.6 Å². The van der Waals surface area contributed by atoms with E-state index in [0.29, 0.717) is 19.6 Å². The molecular formula is C15H27N3O4. The summed E-state index contributed by atoms with van der Waals surface area (Å²) < 4.78 is 5.09. The SMILES string of the molecule is CC(=O)N1CCC[C@H](C(=O)NCCNC(=O)OC(C)(C)C)C1. The van der Waals surface area contributed by atoms with Crippen LogP contribution in [0.4, 0.5) is 4.79 Å². The molecule has 0 spiro atoms. The van der Waals surface area contributed by atoms with Crippen molar-refractivity contribution in [2.24, 2.45) is 5.92 Å². The number of hydrogen-bond acceptors (Lipinski definition) is 4. The van der Waals surface area contributed by atoms with Crippen molar-refractivity contribution in [1.29, 1.82) is 0 Å². The van der Waals surface area contributed by atoms with Crippen molar-refractivity contribution < 1.29 is 19.1 Å². The van der Waals surface area contributed by atoms with Crippen molar-refractivity contribution in [2.75, 3.05) is 26.2 Å². The van der Waals surface area contributed by atoms with Crippen LogP contribution in [0.15, 0.2) is 0 Å². The van der Waals surface area contributed by atoms with Crippen molar-refractivity contribution in [3.05, 3.63) is 0 Å². The van der Waals surface area contributed by atoms with Gasteiger partial charge < -0.3 is 20.3 Å². The van der Waals surface area contributed by atoms with Gasteiger partial charge in [-0.1, -0.05) is 0 Å². The molecule has 0 radical (unpaired) electrons. The van der Waals surface area contributed by atoms with E-state index < -0.39 is 11.7 Å². The van der Waals surface area contributed by atoms with Gasteiger partial charge in [-0.05, 0) is 33.6 Å². The van der Waals surface area contributed by atoms with Crippen molar-refractivity contribution in [3.8, 4) is 0 Å². The molecule has 1 aliphatic rings. The van der Waals surface area contributed by atoms with Gasteiger partial charge >= 0.3 is 6.09 Å². The number of carbonyl (C=O) groups is 3. The largest absolute Gasteiger partial charge is 0.444 e. The van der Waals surface area contributed by atoms with E-state index in [0.717, 1.165) is 19.4 Å². The molecule has 1 saturated heterocycles. The van der Waals surface area contributed by atoms with Gasteiger partial charge in [-0.15, -0.1) is 0 Å². The second kappa shape index (κ2) is 8.00. The summed E-state index contributed by atoms with van der Waals surface area (Å²) in [5.41, 5.74) is -0.536. The third-order valence-electron chi connectivity index (χ3n) is 3.33. The first kappa shape index (κ1) is 18.3. The first-order valence-electron chi connectivity index (χ1n) is 7.69.